The van der Waals surface area contributed by atoms with Crippen LogP contribution in [0.2, 0.25) is 0 Å². The van der Waals surface area contributed by atoms with Crippen LogP contribution in [0.25, 0.3) is 0 Å². The number of rotatable bonds is 5. The molecule has 0 saturated carbocycles. The number of aliphatic carboxylic acids is 1. The van der Waals surface area contributed by atoms with Gasteiger partial charge in [-0.2, -0.15) is 0 Å². The maximum absolute atomic E-state index is 13.7. The fourth-order valence-electron chi connectivity index (χ4n) is 2.64. The van der Waals surface area contributed by atoms with Crippen molar-refractivity contribution in [3.05, 3.63) is 35.6 Å². The Hall–Kier alpha value is -1.95. The molecular weight excluding hydrogens is 289 g/mol. The number of nitrogens with zero attached hydrogens (tertiary/aromatic N) is 1. The smallest absolute Gasteiger partial charge is 0.306 e. The molecule has 1 saturated heterocycles. The quantitative estimate of drug-likeness (QED) is 0.903. The Morgan fingerprint density at radius 2 is 2.18 bits per heavy atom. The highest BCUT2D eigenvalue weighted by atomic mass is 19.1. The summed E-state index contributed by atoms with van der Waals surface area (Å²) in [4.78, 5) is 24.6. The number of carbonyl (C=O) groups excluding carboxylic acids is 1. The van der Waals surface area contributed by atoms with Crippen LogP contribution >= 0.6 is 0 Å². The minimum Gasteiger partial charge on any atom is -0.481 e. The van der Waals surface area contributed by atoms with Crippen molar-refractivity contribution in [3.8, 4) is 0 Å². The van der Waals surface area contributed by atoms with E-state index >= 15 is 0 Å². The second-order valence-corrected chi connectivity index (χ2v) is 5.56. The van der Waals surface area contributed by atoms with E-state index in [1.165, 1.54) is 6.07 Å². The molecule has 1 amide bonds. The molecule has 0 spiro atoms. The zero-order valence-corrected chi connectivity index (χ0v) is 12.5. The topological polar surface area (TPSA) is 66.8 Å². The lowest BCUT2D eigenvalue weighted by molar-refractivity contribution is -0.147. The lowest BCUT2D eigenvalue weighted by Gasteiger charge is -2.33. The van der Waals surface area contributed by atoms with Gasteiger partial charge in [0.15, 0.2) is 0 Å². The van der Waals surface area contributed by atoms with Crippen molar-refractivity contribution in [1.82, 2.24) is 4.90 Å². The van der Waals surface area contributed by atoms with Gasteiger partial charge in [-0.25, -0.2) is 4.39 Å². The third-order valence-electron chi connectivity index (χ3n) is 3.81. The van der Waals surface area contributed by atoms with E-state index in [1.807, 2.05) is 6.92 Å². The van der Waals surface area contributed by atoms with Crippen LogP contribution < -0.4 is 0 Å². The summed E-state index contributed by atoms with van der Waals surface area (Å²) in [7, 11) is 0. The van der Waals surface area contributed by atoms with Crippen LogP contribution in [0.3, 0.4) is 0 Å². The van der Waals surface area contributed by atoms with Gasteiger partial charge in [-0.15, -0.1) is 0 Å². The molecule has 1 aromatic rings. The van der Waals surface area contributed by atoms with Gasteiger partial charge in [-0.1, -0.05) is 25.1 Å². The molecule has 0 aromatic heterocycles. The fraction of sp³-hybridized carbons (Fsp3) is 0.500. The summed E-state index contributed by atoms with van der Waals surface area (Å²) >= 11 is 0. The second kappa shape index (κ2) is 7.35. The SMILES string of the molecule is C[C@@H](CC(=O)N1CCO[C@H](CC(=O)O)C1)c1ccccc1F. The Labute approximate surface area is 128 Å². The summed E-state index contributed by atoms with van der Waals surface area (Å²) in [5.74, 6) is -1.59. The van der Waals surface area contributed by atoms with E-state index < -0.39 is 12.1 Å². The highest BCUT2D eigenvalue weighted by Crippen LogP contribution is 2.23. The van der Waals surface area contributed by atoms with Crippen molar-refractivity contribution in [2.45, 2.75) is 31.8 Å². The Balaban J connectivity index is 1.94. The number of amides is 1. The number of hydrogen-bond acceptors (Lipinski definition) is 3. The Kier molecular flexibility index (Phi) is 5.49. The zero-order chi connectivity index (χ0) is 16.1. The maximum Gasteiger partial charge on any atom is 0.306 e. The molecule has 0 radical (unpaired) electrons. The first-order valence-electron chi connectivity index (χ1n) is 7.33. The number of benzene rings is 1. The van der Waals surface area contributed by atoms with Gasteiger partial charge >= 0.3 is 5.97 Å². The molecular formula is C16H20FNO4. The first kappa shape index (κ1) is 16.4. The van der Waals surface area contributed by atoms with Gasteiger partial charge in [0.05, 0.1) is 19.1 Å². The van der Waals surface area contributed by atoms with E-state index in [4.69, 9.17) is 9.84 Å². The lowest BCUT2D eigenvalue weighted by atomic mass is 9.96. The summed E-state index contributed by atoms with van der Waals surface area (Å²) < 4.78 is 19.1. The van der Waals surface area contributed by atoms with E-state index in [1.54, 1.807) is 23.1 Å². The largest absolute Gasteiger partial charge is 0.481 e. The first-order chi connectivity index (χ1) is 10.5. The number of carboxylic acids is 1. The van der Waals surface area contributed by atoms with Crippen molar-refractivity contribution in [2.75, 3.05) is 19.7 Å². The summed E-state index contributed by atoms with van der Waals surface area (Å²) in [6, 6.07) is 6.43. The molecule has 5 nitrogen and oxygen atoms in total. The van der Waals surface area contributed by atoms with Gasteiger partial charge < -0.3 is 14.7 Å². The molecule has 1 fully saturated rings. The minimum absolute atomic E-state index is 0.102. The monoisotopic (exact) mass is 309 g/mol. The van der Waals surface area contributed by atoms with Crippen molar-refractivity contribution in [2.24, 2.45) is 0 Å². The molecule has 1 aromatic carbocycles. The highest BCUT2D eigenvalue weighted by Gasteiger charge is 2.27. The van der Waals surface area contributed by atoms with E-state index in [0.29, 0.717) is 18.7 Å². The van der Waals surface area contributed by atoms with Gasteiger partial charge in [-0.3, -0.25) is 9.59 Å². The summed E-state index contributed by atoms with van der Waals surface area (Å²) in [6.45, 7) is 2.86. The van der Waals surface area contributed by atoms with Crippen LogP contribution in [0.4, 0.5) is 4.39 Å². The number of hydrogen-bond donors (Lipinski definition) is 1. The molecule has 120 valence electrons. The third kappa shape index (κ3) is 4.27. The highest BCUT2D eigenvalue weighted by molar-refractivity contribution is 5.77. The summed E-state index contributed by atoms with van der Waals surface area (Å²) in [5.41, 5.74) is 0.520. The minimum atomic E-state index is -0.945. The Morgan fingerprint density at radius 1 is 1.45 bits per heavy atom. The Bertz CT molecular complexity index is 549. The van der Waals surface area contributed by atoms with E-state index in [0.717, 1.165) is 0 Å². The molecule has 2 atom stereocenters. The summed E-state index contributed by atoms with van der Waals surface area (Å²) in [6.07, 6.45) is -0.396. The van der Waals surface area contributed by atoms with E-state index in [-0.39, 0.29) is 37.0 Å². The fourth-order valence-corrected chi connectivity index (χ4v) is 2.64. The second-order valence-electron chi connectivity index (χ2n) is 5.56. The van der Waals surface area contributed by atoms with Crippen molar-refractivity contribution >= 4 is 11.9 Å². The molecule has 0 aliphatic carbocycles. The predicted molar refractivity (Wildman–Crippen MR) is 78.0 cm³/mol. The van der Waals surface area contributed by atoms with Crippen LogP contribution in [0.1, 0.15) is 31.2 Å². The summed E-state index contributed by atoms with van der Waals surface area (Å²) in [5, 5.41) is 8.79. The number of morpholine rings is 1. The molecule has 1 heterocycles. The van der Waals surface area contributed by atoms with Gasteiger partial charge in [0.25, 0.3) is 0 Å². The van der Waals surface area contributed by atoms with Crippen LogP contribution in [0.15, 0.2) is 24.3 Å². The van der Waals surface area contributed by atoms with Gasteiger partial charge in [0.1, 0.15) is 5.82 Å². The molecule has 0 bridgehead atoms. The van der Waals surface area contributed by atoms with Crippen molar-refractivity contribution in [1.29, 1.82) is 0 Å². The average Bonchev–Trinajstić information content (AvgIpc) is 2.47. The standard InChI is InChI=1S/C16H20FNO4/c1-11(13-4-2-3-5-14(13)17)8-15(19)18-6-7-22-12(10-18)9-16(20)21/h2-5,11-12H,6-10H2,1H3,(H,20,21)/t11-,12+/m0/s1. The number of ether oxygens (including phenoxy) is 1. The third-order valence-corrected chi connectivity index (χ3v) is 3.81. The number of carbonyl (C=O) groups is 2. The van der Waals surface area contributed by atoms with E-state index in [2.05, 4.69) is 0 Å². The maximum atomic E-state index is 13.7. The average molecular weight is 309 g/mol. The zero-order valence-electron chi connectivity index (χ0n) is 12.5. The molecule has 0 unspecified atom stereocenters. The molecule has 1 N–H and O–H groups in total. The van der Waals surface area contributed by atoms with Crippen LogP contribution in [-0.4, -0.2) is 47.7 Å². The Morgan fingerprint density at radius 3 is 2.86 bits per heavy atom. The molecule has 22 heavy (non-hydrogen) atoms. The van der Waals surface area contributed by atoms with Crippen molar-refractivity contribution in [3.63, 3.8) is 0 Å². The van der Waals surface area contributed by atoms with Crippen molar-refractivity contribution < 1.29 is 23.8 Å². The molecule has 2 rings (SSSR count). The molecule has 1 aliphatic heterocycles. The first-order valence-corrected chi connectivity index (χ1v) is 7.33. The van der Waals surface area contributed by atoms with Crippen LogP contribution in [-0.2, 0) is 14.3 Å². The van der Waals surface area contributed by atoms with Gasteiger partial charge in [0.2, 0.25) is 5.91 Å². The van der Waals surface area contributed by atoms with Crippen LogP contribution in [0.5, 0.6) is 0 Å². The predicted octanol–water partition coefficient (Wildman–Crippen LogP) is 2.02. The van der Waals surface area contributed by atoms with E-state index in [9.17, 15) is 14.0 Å². The number of halogens is 1. The van der Waals surface area contributed by atoms with Crippen LogP contribution in [0, 0.1) is 5.82 Å². The molecule has 6 heteroatoms. The van der Waals surface area contributed by atoms with Gasteiger partial charge in [0, 0.05) is 19.5 Å². The van der Waals surface area contributed by atoms with Gasteiger partial charge in [-0.05, 0) is 17.5 Å². The normalized spacial score (nSPS) is 19.7. The number of carboxylic acid groups (broad SMARTS) is 1. The lowest BCUT2D eigenvalue weighted by Crippen LogP contribution is -2.46. The molecule has 1 aliphatic rings.